The molecule has 1 aliphatic carbocycles. The molecular formula is C14H21N3O2. The van der Waals surface area contributed by atoms with Gasteiger partial charge in [0.05, 0.1) is 10.6 Å². The van der Waals surface area contributed by atoms with Gasteiger partial charge in [-0.05, 0) is 26.7 Å². The van der Waals surface area contributed by atoms with E-state index in [4.69, 9.17) is 5.73 Å². The lowest BCUT2D eigenvalue weighted by atomic mass is 9.78. The van der Waals surface area contributed by atoms with Crippen LogP contribution < -0.4 is 5.73 Å². The molecule has 0 unspecified atom stereocenters. The number of hydrogen-bond donors (Lipinski definition) is 1. The van der Waals surface area contributed by atoms with Gasteiger partial charge < -0.3 is 5.73 Å². The zero-order valence-corrected chi connectivity index (χ0v) is 11.6. The van der Waals surface area contributed by atoms with E-state index in [1.165, 1.54) is 6.42 Å². The van der Waals surface area contributed by atoms with Crippen molar-refractivity contribution in [3.8, 4) is 0 Å². The first-order valence-electron chi connectivity index (χ1n) is 6.81. The number of rotatable bonds is 3. The molecule has 19 heavy (non-hydrogen) atoms. The van der Waals surface area contributed by atoms with E-state index in [0.29, 0.717) is 17.5 Å². The van der Waals surface area contributed by atoms with Gasteiger partial charge in [-0.25, -0.2) is 0 Å². The summed E-state index contributed by atoms with van der Waals surface area (Å²) in [7, 11) is 0. The van der Waals surface area contributed by atoms with Crippen LogP contribution in [0.3, 0.4) is 0 Å². The van der Waals surface area contributed by atoms with Gasteiger partial charge in [0.25, 0.3) is 5.69 Å². The summed E-state index contributed by atoms with van der Waals surface area (Å²) in [6, 6.07) is 0. The molecule has 0 aromatic carbocycles. The lowest BCUT2D eigenvalue weighted by Gasteiger charge is -2.33. The smallest absolute Gasteiger partial charge is 0.278 e. The topological polar surface area (TPSA) is 82.0 Å². The van der Waals surface area contributed by atoms with Crippen molar-refractivity contribution in [1.82, 2.24) is 4.98 Å². The summed E-state index contributed by atoms with van der Waals surface area (Å²) >= 11 is 0. The van der Waals surface area contributed by atoms with Crippen molar-refractivity contribution >= 4 is 5.69 Å². The molecule has 1 fully saturated rings. The van der Waals surface area contributed by atoms with Crippen LogP contribution in [-0.2, 0) is 6.42 Å². The van der Waals surface area contributed by atoms with Crippen LogP contribution in [0.1, 0.15) is 48.9 Å². The zero-order chi connectivity index (χ0) is 14.0. The van der Waals surface area contributed by atoms with Crippen LogP contribution in [0, 0.1) is 24.0 Å². The molecule has 1 saturated carbocycles. The van der Waals surface area contributed by atoms with Crippen molar-refractivity contribution in [3.63, 3.8) is 0 Å². The Hall–Kier alpha value is -1.49. The fourth-order valence-corrected chi connectivity index (χ4v) is 2.99. The van der Waals surface area contributed by atoms with E-state index in [2.05, 4.69) is 4.98 Å². The van der Waals surface area contributed by atoms with Gasteiger partial charge in [0.2, 0.25) is 0 Å². The van der Waals surface area contributed by atoms with Gasteiger partial charge >= 0.3 is 0 Å². The van der Waals surface area contributed by atoms with Crippen molar-refractivity contribution in [2.75, 3.05) is 0 Å². The van der Waals surface area contributed by atoms with Crippen LogP contribution in [0.4, 0.5) is 5.69 Å². The molecule has 2 N–H and O–H groups in total. The average molecular weight is 263 g/mol. The summed E-state index contributed by atoms with van der Waals surface area (Å²) in [5, 5.41) is 11.1. The minimum absolute atomic E-state index is 0.185. The molecule has 0 radical (unpaired) electrons. The van der Waals surface area contributed by atoms with Crippen LogP contribution >= 0.6 is 0 Å². The van der Waals surface area contributed by atoms with Crippen LogP contribution in [-0.4, -0.2) is 15.4 Å². The number of aromatic nitrogens is 1. The second-order valence-corrected chi connectivity index (χ2v) is 5.72. The summed E-state index contributed by atoms with van der Waals surface area (Å²) in [5.41, 5.74) is 8.42. The zero-order valence-electron chi connectivity index (χ0n) is 11.6. The molecule has 0 spiro atoms. The van der Waals surface area contributed by atoms with Gasteiger partial charge in [0.15, 0.2) is 0 Å². The largest absolute Gasteiger partial charge is 0.325 e. The summed E-state index contributed by atoms with van der Waals surface area (Å²) < 4.78 is 0. The average Bonchev–Trinajstić information content (AvgIpc) is 2.33. The van der Waals surface area contributed by atoms with Gasteiger partial charge in [-0.2, -0.15) is 0 Å². The highest BCUT2D eigenvalue weighted by Crippen LogP contribution is 2.31. The molecule has 2 rings (SSSR count). The Morgan fingerprint density at radius 1 is 1.37 bits per heavy atom. The second kappa shape index (κ2) is 5.25. The Morgan fingerprint density at radius 2 is 2.00 bits per heavy atom. The van der Waals surface area contributed by atoms with E-state index in [-0.39, 0.29) is 16.1 Å². The first-order chi connectivity index (χ1) is 8.93. The van der Waals surface area contributed by atoms with Crippen molar-refractivity contribution in [2.45, 2.75) is 57.9 Å². The molecule has 1 aromatic heterocycles. The van der Waals surface area contributed by atoms with Crippen LogP contribution in [0.5, 0.6) is 0 Å². The highest BCUT2D eigenvalue weighted by atomic mass is 16.6. The maximum atomic E-state index is 11.1. The van der Waals surface area contributed by atoms with E-state index in [1.807, 2.05) is 0 Å². The first kappa shape index (κ1) is 13.9. The minimum atomic E-state index is -0.320. The third-order valence-corrected chi connectivity index (χ3v) is 4.13. The van der Waals surface area contributed by atoms with Crippen LogP contribution in [0.25, 0.3) is 0 Å². The molecule has 0 aliphatic heterocycles. The SMILES string of the molecule is Cc1cnc(CC2(N)CCCCC2)c(C)c1[N+](=O)[O-]. The molecule has 5 heteroatoms. The second-order valence-electron chi connectivity index (χ2n) is 5.72. The van der Waals surface area contributed by atoms with Gasteiger partial charge in [0.1, 0.15) is 0 Å². The third kappa shape index (κ3) is 2.92. The molecule has 0 saturated heterocycles. The van der Waals surface area contributed by atoms with Crippen molar-refractivity contribution < 1.29 is 4.92 Å². The highest BCUT2D eigenvalue weighted by molar-refractivity contribution is 5.47. The number of nitrogens with two attached hydrogens (primary N) is 1. The molecule has 1 aliphatic rings. The monoisotopic (exact) mass is 263 g/mol. The minimum Gasteiger partial charge on any atom is -0.325 e. The Labute approximate surface area is 113 Å². The molecular weight excluding hydrogens is 242 g/mol. The van der Waals surface area contributed by atoms with Gasteiger partial charge in [-0.3, -0.25) is 15.1 Å². The number of pyridine rings is 1. The molecule has 0 bridgehead atoms. The van der Waals surface area contributed by atoms with Crippen molar-refractivity contribution in [1.29, 1.82) is 0 Å². The predicted octanol–water partition coefficient (Wildman–Crippen LogP) is 2.81. The van der Waals surface area contributed by atoms with Gasteiger partial charge in [-0.15, -0.1) is 0 Å². The summed E-state index contributed by atoms with van der Waals surface area (Å²) in [6.07, 6.45) is 7.71. The lowest BCUT2D eigenvalue weighted by Crippen LogP contribution is -2.44. The molecule has 0 amide bonds. The van der Waals surface area contributed by atoms with E-state index >= 15 is 0 Å². The number of hydrogen-bond acceptors (Lipinski definition) is 4. The number of nitro groups is 1. The Kier molecular flexibility index (Phi) is 3.85. The lowest BCUT2D eigenvalue weighted by molar-refractivity contribution is -0.386. The van der Waals surface area contributed by atoms with Crippen molar-refractivity contribution in [2.24, 2.45) is 5.73 Å². The third-order valence-electron chi connectivity index (χ3n) is 4.13. The molecule has 1 heterocycles. The van der Waals surface area contributed by atoms with E-state index in [1.54, 1.807) is 20.0 Å². The summed E-state index contributed by atoms with van der Waals surface area (Å²) in [4.78, 5) is 15.2. The highest BCUT2D eigenvalue weighted by Gasteiger charge is 2.30. The van der Waals surface area contributed by atoms with Crippen LogP contribution in [0.15, 0.2) is 6.20 Å². The molecule has 1 aromatic rings. The molecule has 5 nitrogen and oxygen atoms in total. The maximum absolute atomic E-state index is 11.1. The molecule has 104 valence electrons. The van der Waals surface area contributed by atoms with Gasteiger partial charge in [0, 0.05) is 29.3 Å². The van der Waals surface area contributed by atoms with E-state index < -0.39 is 0 Å². The van der Waals surface area contributed by atoms with Gasteiger partial charge in [-0.1, -0.05) is 19.3 Å². The maximum Gasteiger partial charge on any atom is 0.278 e. The number of aryl methyl sites for hydroxylation is 1. The Bertz CT molecular complexity index is 494. The standard InChI is InChI=1S/C14H21N3O2/c1-10-9-16-12(11(2)13(10)17(18)19)8-14(15)6-4-3-5-7-14/h9H,3-8,15H2,1-2H3. The normalized spacial score (nSPS) is 18.3. The summed E-state index contributed by atoms with van der Waals surface area (Å²) in [5.74, 6) is 0. The van der Waals surface area contributed by atoms with Crippen molar-refractivity contribution in [3.05, 3.63) is 33.1 Å². The number of nitrogens with zero attached hydrogens (tertiary/aromatic N) is 2. The fraction of sp³-hybridized carbons (Fsp3) is 0.643. The van der Waals surface area contributed by atoms with E-state index in [0.717, 1.165) is 31.4 Å². The van der Waals surface area contributed by atoms with E-state index in [9.17, 15) is 10.1 Å². The van der Waals surface area contributed by atoms with Crippen LogP contribution in [0.2, 0.25) is 0 Å². The quantitative estimate of drug-likeness (QED) is 0.671. The Morgan fingerprint density at radius 3 is 2.58 bits per heavy atom. The summed E-state index contributed by atoms with van der Waals surface area (Å²) in [6.45, 7) is 3.50. The molecule has 0 atom stereocenters. The Balaban J connectivity index is 2.30. The fourth-order valence-electron chi connectivity index (χ4n) is 2.99. The first-order valence-corrected chi connectivity index (χ1v) is 6.81. The predicted molar refractivity (Wildman–Crippen MR) is 74.1 cm³/mol.